The molecule has 0 spiro atoms. The molecule has 0 amide bonds. The van der Waals surface area contributed by atoms with Gasteiger partial charge in [-0.1, -0.05) is 41.9 Å². The van der Waals surface area contributed by atoms with Crippen molar-refractivity contribution in [1.82, 2.24) is 19.5 Å². The van der Waals surface area contributed by atoms with E-state index in [0.29, 0.717) is 50.8 Å². The number of morpholine rings is 2. The van der Waals surface area contributed by atoms with Crippen molar-refractivity contribution in [1.29, 1.82) is 0 Å². The third-order valence-electron chi connectivity index (χ3n) is 6.63. The molecule has 2 aromatic carbocycles. The minimum Gasteiger partial charge on any atom is -0.378 e. The van der Waals surface area contributed by atoms with Crippen LogP contribution in [-0.2, 0) is 16.0 Å². The Morgan fingerprint density at radius 2 is 1.55 bits per heavy atom. The molecule has 0 saturated carbocycles. The summed E-state index contributed by atoms with van der Waals surface area (Å²) in [6.07, 6.45) is 3.91. The highest BCUT2D eigenvalue weighted by atomic mass is 35.5. The van der Waals surface area contributed by atoms with Crippen LogP contribution >= 0.6 is 11.6 Å². The third kappa shape index (κ3) is 5.57. The van der Waals surface area contributed by atoms with Crippen molar-refractivity contribution in [3.05, 3.63) is 70.9 Å². The zero-order chi connectivity index (χ0) is 25.7. The van der Waals surface area contributed by atoms with Crippen LogP contribution in [-0.4, -0.2) is 78.3 Å². The Morgan fingerprint density at radius 1 is 0.868 bits per heavy atom. The molecule has 0 unspecified atom stereocenters. The highest BCUT2D eigenvalue weighted by Crippen LogP contribution is 2.23. The molecule has 2 aliphatic heterocycles. The summed E-state index contributed by atoms with van der Waals surface area (Å²) in [4.78, 5) is 18.3. The molecule has 38 heavy (non-hydrogen) atoms. The van der Waals surface area contributed by atoms with E-state index >= 15 is 0 Å². The fourth-order valence-corrected chi connectivity index (χ4v) is 4.93. The maximum Gasteiger partial charge on any atom is 0.250 e. The van der Waals surface area contributed by atoms with E-state index in [1.807, 2.05) is 36.5 Å². The number of benzene rings is 2. The van der Waals surface area contributed by atoms with Gasteiger partial charge in [-0.2, -0.15) is 20.1 Å². The van der Waals surface area contributed by atoms with Gasteiger partial charge in [0, 0.05) is 60.4 Å². The van der Waals surface area contributed by atoms with E-state index in [0.717, 1.165) is 53.2 Å². The molecular formula is C27H29ClN8O2. The largest absolute Gasteiger partial charge is 0.378 e. The van der Waals surface area contributed by atoms with Gasteiger partial charge >= 0.3 is 0 Å². The van der Waals surface area contributed by atoms with E-state index in [4.69, 9.17) is 26.1 Å². The SMILES string of the molecule is Clc1cccc(Cn2cc(/C=N/Nc3nc(N4CCOCC4)nc(N4CCOCC4)n3)c3ccccc32)c1. The van der Waals surface area contributed by atoms with Crippen LogP contribution in [0.5, 0.6) is 0 Å². The molecule has 4 heterocycles. The molecule has 0 atom stereocenters. The normalized spacial score (nSPS) is 16.4. The predicted octanol–water partition coefficient (Wildman–Crippen LogP) is 3.65. The zero-order valence-corrected chi connectivity index (χ0v) is 21.7. The highest BCUT2D eigenvalue weighted by molar-refractivity contribution is 6.30. The molecule has 1 N–H and O–H groups in total. The Kier molecular flexibility index (Phi) is 7.34. The lowest BCUT2D eigenvalue weighted by atomic mass is 10.2. The molecular weight excluding hydrogens is 504 g/mol. The number of nitrogens with zero attached hydrogens (tertiary/aromatic N) is 7. The number of rotatable bonds is 7. The van der Waals surface area contributed by atoms with E-state index in [2.05, 4.69) is 59.3 Å². The molecule has 0 bridgehead atoms. The summed E-state index contributed by atoms with van der Waals surface area (Å²) in [5, 5.41) is 6.36. The molecule has 2 aromatic heterocycles. The van der Waals surface area contributed by atoms with Crippen molar-refractivity contribution in [2.24, 2.45) is 5.10 Å². The minimum atomic E-state index is 0.405. The van der Waals surface area contributed by atoms with Crippen LogP contribution < -0.4 is 15.2 Å². The molecule has 0 radical (unpaired) electrons. The quantitative estimate of drug-likeness (QED) is 0.285. The highest BCUT2D eigenvalue weighted by Gasteiger charge is 2.20. The van der Waals surface area contributed by atoms with Crippen molar-refractivity contribution in [2.75, 3.05) is 67.8 Å². The van der Waals surface area contributed by atoms with Crippen molar-refractivity contribution in [3.63, 3.8) is 0 Å². The Labute approximate surface area is 225 Å². The second kappa shape index (κ2) is 11.3. The topological polar surface area (TPSA) is 92.9 Å². The van der Waals surface area contributed by atoms with Crippen molar-refractivity contribution in [3.8, 4) is 0 Å². The number of hydrogen-bond donors (Lipinski definition) is 1. The first-order valence-corrected chi connectivity index (χ1v) is 13.1. The molecule has 11 heteroatoms. The van der Waals surface area contributed by atoms with Gasteiger partial charge in [-0.3, -0.25) is 0 Å². The van der Waals surface area contributed by atoms with Crippen molar-refractivity contribution in [2.45, 2.75) is 6.54 Å². The molecule has 2 aliphatic rings. The number of anilines is 3. The number of nitrogens with one attached hydrogen (secondary N) is 1. The van der Waals surface area contributed by atoms with Crippen molar-refractivity contribution < 1.29 is 9.47 Å². The van der Waals surface area contributed by atoms with Gasteiger partial charge in [-0.25, -0.2) is 5.43 Å². The molecule has 4 aromatic rings. The smallest absolute Gasteiger partial charge is 0.250 e. The third-order valence-corrected chi connectivity index (χ3v) is 6.86. The zero-order valence-electron chi connectivity index (χ0n) is 21.0. The number of halogens is 1. The summed E-state index contributed by atoms with van der Waals surface area (Å²) in [6, 6.07) is 16.2. The lowest BCUT2D eigenvalue weighted by Gasteiger charge is -2.30. The summed E-state index contributed by atoms with van der Waals surface area (Å²) in [5.41, 5.74) is 6.30. The second-order valence-corrected chi connectivity index (χ2v) is 9.62. The predicted molar refractivity (Wildman–Crippen MR) is 150 cm³/mol. The van der Waals surface area contributed by atoms with Crippen LogP contribution in [0, 0.1) is 0 Å². The first kappa shape index (κ1) is 24.6. The van der Waals surface area contributed by atoms with Crippen LogP contribution in [0.2, 0.25) is 5.02 Å². The molecule has 0 aliphatic carbocycles. The number of ether oxygens (including phenoxy) is 2. The van der Waals surface area contributed by atoms with Gasteiger partial charge in [0.25, 0.3) is 0 Å². The summed E-state index contributed by atoms with van der Waals surface area (Å²) in [7, 11) is 0. The van der Waals surface area contributed by atoms with Crippen molar-refractivity contribution >= 4 is 46.6 Å². The van der Waals surface area contributed by atoms with Gasteiger partial charge in [0.15, 0.2) is 0 Å². The van der Waals surface area contributed by atoms with Crippen LogP contribution in [0.1, 0.15) is 11.1 Å². The van der Waals surface area contributed by atoms with Gasteiger partial charge in [0.2, 0.25) is 17.8 Å². The molecule has 2 saturated heterocycles. The molecule has 2 fully saturated rings. The van der Waals surface area contributed by atoms with E-state index < -0.39 is 0 Å². The summed E-state index contributed by atoms with van der Waals surface area (Å²) < 4.78 is 13.2. The van der Waals surface area contributed by atoms with Gasteiger partial charge in [-0.05, 0) is 23.8 Å². The van der Waals surface area contributed by atoms with Crippen LogP contribution in [0.4, 0.5) is 17.8 Å². The van der Waals surface area contributed by atoms with E-state index in [1.54, 1.807) is 0 Å². The Hall–Kier alpha value is -3.73. The fraction of sp³-hybridized carbons (Fsp3) is 0.333. The lowest BCUT2D eigenvalue weighted by Crippen LogP contribution is -2.40. The summed E-state index contributed by atoms with van der Waals surface area (Å²) in [6.45, 7) is 6.27. The van der Waals surface area contributed by atoms with E-state index in [1.165, 1.54) is 0 Å². The maximum absolute atomic E-state index is 6.21. The van der Waals surface area contributed by atoms with E-state index in [-0.39, 0.29) is 0 Å². The monoisotopic (exact) mass is 532 g/mol. The average Bonchev–Trinajstić information content (AvgIpc) is 3.31. The molecule has 10 nitrogen and oxygen atoms in total. The van der Waals surface area contributed by atoms with Gasteiger partial charge < -0.3 is 23.8 Å². The lowest BCUT2D eigenvalue weighted by molar-refractivity contribution is 0.121. The first-order valence-electron chi connectivity index (χ1n) is 12.8. The average molecular weight is 533 g/mol. The molecule has 6 rings (SSSR count). The van der Waals surface area contributed by atoms with Gasteiger partial charge in [0.1, 0.15) is 0 Å². The summed E-state index contributed by atoms with van der Waals surface area (Å²) >= 11 is 6.21. The number of para-hydroxylation sites is 1. The second-order valence-electron chi connectivity index (χ2n) is 9.19. The Morgan fingerprint density at radius 3 is 2.24 bits per heavy atom. The molecule has 196 valence electrons. The van der Waals surface area contributed by atoms with Crippen LogP contribution in [0.3, 0.4) is 0 Å². The van der Waals surface area contributed by atoms with Crippen LogP contribution in [0.25, 0.3) is 10.9 Å². The maximum atomic E-state index is 6.21. The van der Waals surface area contributed by atoms with Gasteiger partial charge in [-0.15, -0.1) is 0 Å². The standard InChI is InChI=1S/C27H29ClN8O2/c28-22-5-3-4-20(16-22)18-36-19-21(23-6-1-2-7-24(23)36)17-29-33-25-30-26(34-8-12-37-13-9-34)32-27(31-25)35-10-14-38-15-11-35/h1-7,16-17,19H,8-15,18H2,(H,30,31,32,33)/b29-17+. The number of fused-ring (bicyclic) bond motifs is 1. The minimum absolute atomic E-state index is 0.405. The number of hydrazone groups is 1. The van der Waals surface area contributed by atoms with E-state index in [9.17, 15) is 0 Å². The summed E-state index contributed by atoms with van der Waals surface area (Å²) in [5.74, 6) is 1.66. The Bertz CT molecular complexity index is 1390. The Balaban J connectivity index is 1.26. The van der Waals surface area contributed by atoms with Gasteiger partial charge in [0.05, 0.1) is 32.6 Å². The fourth-order valence-electron chi connectivity index (χ4n) is 4.71. The van der Waals surface area contributed by atoms with Crippen LogP contribution in [0.15, 0.2) is 59.8 Å². The number of hydrogen-bond acceptors (Lipinski definition) is 9. The first-order chi connectivity index (χ1) is 18.7. The number of aromatic nitrogens is 4.